The molecule has 0 aliphatic heterocycles. The Balaban J connectivity index is 1.50. The fourth-order valence-corrected chi connectivity index (χ4v) is 4.09. The zero-order chi connectivity index (χ0) is 32.3. The number of carbonyl (C=O) groups is 3. The largest absolute Gasteiger partial charge is 0.493 e. The summed E-state index contributed by atoms with van der Waals surface area (Å²) in [5.41, 5.74) is 2.00. The lowest BCUT2D eigenvalue weighted by Crippen LogP contribution is -2.38. The summed E-state index contributed by atoms with van der Waals surface area (Å²) in [7, 11) is 4.38. The molecule has 3 aromatic carbocycles. The molecule has 0 radical (unpaired) electrons. The maximum Gasteiger partial charge on any atom is 0.418 e. The number of methoxy groups -OCH3 is 3. The summed E-state index contributed by atoms with van der Waals surface area (Å²) in [6, 6.07) is 13.1. The fraction of sp³-hybridized carbons (Fsp3) is 0.241. The number of nitrogens with one attached hydrogen (secondary N) is 3. The highest BCUT2D eigenvalue weighted by Gasteiger charge is 2.34. The van der Waals surface area contributed by atoms with E-state index in [1.807, 2.05) is 6.07 Å². The summed E-state index contributed by atoms with van der Waals surface area (Å²) in [5.74, 6) is -1.26. The van der Waals surface area contributed by atoms with Crippen molar-refractivity contribution in [3.8, 4) is 23.0 Å². The molecule has 0 spiro atoms. The minimum atomic E-state index is -4.68. The molecule has 234 valence electrons. The van der Waals surface area contributed by atoms with E-state index in [1.165, 1.54) is 51.8 Å². The van der Waals surface area contributed by atoms with Crippen molar-refractivity contribution in [3.63, 3.8) is 0 Å². The minimum Gasteiger partial charge on any atom is -0.493 e. The molecule has 0 unspecified atom stereocenters. The number of halogens is 4. The first-order valence-corrected chi connectivity index (χ1v) is 13.5. The van der Waals surface area contributed by atoms with Crippen LogP contribution in [0.5, 0.6) is 23.0 Å². The van der Waals surface area contributed by atoms with Crippen LogP contribution in [0.25, 0.3) is 0 Å². The van der Waals surface area contributed by atoms with Crippen LogP contribution in [0, 0.1) is 0 Å². The zero-order valence-electron chi connectivity index (χ0n) is 23.7. The lowest BCUT2D eigenvalue weighted by molar-refractivity contribution is -0.139. The number of hydrogen-bond donors (Lipinski definition) is 3. The predicted octanol–water partition coefficient (Wildman–Crippen LogP) is 4.32. The monoisotopic (exact) mass is 680 g/mol. The number of nitrogens with zero attached hydrogens (tertiary/aromatic N) is 1. The molecule has 0 aliphatic carbocycles. The second kappa shape index (κ2) is 15.6. The number of benzene rings is 3. The summed E-state index contributed by atoms with van der Waals surface area (Å²) >= 11 is 2.99. The van der Waals surface area contributed by atoms with E-state index in [9.17, 15) is 27.6 Å². The smallest absolute Gasteiger partial charge is 0.418 e. The van der Waals surface area contributed by atoms with Gasteiger partial charge in [0.1, 0.15) is 0 Å². The van der Waals surface area contributed by atoms with Crippen LogP contribution in [0.3, 0.4) is 0 Å². The zero-order valence-corrected chi connectivity index (χ0v) is 25.3. The molecule has 3 aromatic rings. The van der Waals surface area contributed by atoms with Gasteiger partial charge in [0.15, 0.2) is 29.6 Å². The van der Waals surface area contributed by atoms with Gasteiger partial charge in [-0.2, -0.15) is 18.3 Å². The highest BCUT2D eigenvalue weighted by Crippen LogP contribution is 2.36. The van der Waals surface area contributed by atoms with Crippen molar-refractivity contribution in [2.24, 2.45) is 5.10 Å². The van der Waals surface area contributed by atoms with Crippen molar-refractivity contribution in [1.82, 2.24) is 10.7 Å². The SMILES string of the molecule is COc1ccc(CCNC(=O)C(=O)N/N=C\c2ccc(OCC(=O)Nc3ccc(Br)cc3C(F)(F)F)c(OC)c2)cc1OC. The summed E-state index contributed by atoms with van der Waals surface area (Å²) in [6.07, 6.45) is -2.98. The molecule has 44 heavy (non-hydrogen) atoms. The van der Waals surface area contributed by atoms with Gasteiger partial charge in [0.05, 0.1) is 38.8 Å². The number of carbonyl (C=O) groups excluding carboxylic acids is 3. The lowest BCUT2D eigenvalue weighted by Gasteiger charge is -2.15. The maximum atomic E-state index is 13.3. The fourth-order valence-electron chi connectivity index (χ4n) is 3.73. The van der Waals surface area contributed by atoms with Gasteiger partial charge in [-0.3, -0.25) is 14.4 Å². The molecule has 0 bridgehead atoms. The third-order valence-corrected chi connectivity index (χ3v) is 6.33. The number of ether oxygens (including phenoxy) is 4. The number of anilines is 1. The van der Waals surface area contributed by atoms with Crippen molar-refractivity contribution in [2.45, 2.75) is 12.6 Å². The topological polar surface area (TPSA) is 137 Å². The van der Waals surface area contributed by atoms with Gasteiger partial charge in [-0.1, -0.05) is 22.0 Å². The normalized spacial score (nSPS) is 11.1. The molecule has 15 heteroatoms. The van der Waals surface area contributed by atoms with Crippen LogP contribution < -0.4 is 35.0 Å². The van der Waals surface area contributed by atoms with E-state index in [-0.39, 0.29) is 22.5 Å². The first-order valence-electron chi connectivity index (χ1n) is 12.7. The molecule has 3 N–H and O–H groups in total. The first kappa shape index (κ1) is 33.7. The number of hydrazone groups is 1. The van der Waals surface area contributed by atoms with Gasteiger partial charge in [0.2, 0.25) is 0 Å². The average molecular weight is 681 g/mol. The Morgan fingerprint density at radius 3 is 2.23 bits per heavy atom. The quantitative estimate of drug-likeness (QED) is 0.147. The summed E-state index contributed by atoms with van der Waals surface area (Å²) < 4.78 is 61.2. The van der Waals surface area contributed by atoms with E-state index in [2.05, 4.69) is 37.1 Å². The van der Waals surface area contributed by atoms with Gasteiger partial charge in [-0.15, -0.1) is 0 Å². The molecule has 0 fully saturated rings. The molecule has 3 rings (SSSR count). The maximum absolute atomic E-state index is 13.3. The van der Waals surface area contributed by atoms with E-state index in [1.54, 1.807) is 12.1 Å². The standard InChI is InChI=1S/C29H28BrF3N4O7/c1-41-22-8-4-17(12-24(22)42-2)10-11-34-27(39)28(40)37-35-15-18-5-9-23(25(13-18)43-3)44-16-26(38)36-21-7-6-19(30)14-20(21)29(31,32)33/h4-9,12-15H,10-11,16H2,1-3H3,(H,34,39)(H,36,38)(H,37,40)/b35-15-. The Hall–Kier alpha value is -4.79. The molecule has 11 nitrogen and oxygen atoms in total. The van der Waals surface area contributed by atoms with Gasteiger partial charge < -0.3 is 29.6 Å². The van der Waals surface area contributed by atoms with Crippen molar-refractivity contribution >= 4 is 45.6 Å². The van der Waals surface area contributed by atoms with Crippen LogP contribution >= 0.6 is 15.9 Å². The second-order valence-electron chi connectivity index (χ2n) is 8.83. The molecular formula is C29H28BrF3N4O7. The van der Waals surface area contributed by atoms with Gasteiger partial charge in [0.25, 0.3) is 5.91 Å². The van der Waals surface area contributed by atoms with Crippen molar-refractivity contribution in [3.05, 3.63) is 75.8 Å². The molecule has 0 heterocycles. The van der Waals surface area contributed by atoms with Gasteiger partial charge in [0, 0.05) is 11.0 Å². The second-order valence-corrected chi connectivity index (χ2v) is 9.74. The molecule has 3 amide bonds. The highest BCUT2D eigenvalue weighted by atomic mass is 79.9. The lowest BCUT2D eigenvalue weighted by atomic mass is 10.1. The molecule has 0 saturated carbocycles. The van der Waals surface area contributed by atoms with E-state index in [0.29, 0.717) is 23.5 Å². The predicted molar refractivity (Wildman–Crippen MR) is 158 cm³/mol. The van der Waals surface area contributed by atoms with Crippen molar-refractivity contribution in [2.75, 3.05) is 39.8 Å². The van der Waals surface area contributed by atoms with Crippen LogP contribution in [0.4, 0.5) is 18.9 Å². The third-order valence-electron chi connectivity index (χ3n) is 5.84. The van der Waals surface area contributed by atoms with E-state index >= 15 is 0 Å². The van der Waals surface area contributed by atoms with Crippen molar-refractivity contribution < 1.29 is 46.5 Å². The Bertz CT molecular complexity index is 1530. The van der Waals surface area contributed by atoms with Crippen LogP contribution in [0.2, 0.25) is 0 Å². The third kappa shape index (κ3) is 9.62. The van der Waals surface area contributed by atoms with Gasteiger partial charge in [-0.25, -0.2) is 5.43 Å². The Morgan fingerprint density at radius 1 is 0.864 bits per heavy atom. The number of hydrogen-bond acceptors (Lipinski definition) is 8. The number of alkyl halides is 3. The Labute approximate surface area is 258 Å². The Morgan fingerprint density at radius 2 is 1.55 bits per heavy atom. The summed E-state index contributed by atoms with van der Waals surface area (Å²) in [5, 5.41) is 8.45. The first-order chi connectivity index (χ1) is 20.9. The van der Waals surface area contributed by atoms with Crippen LogP contribution in [0.1, 0.15) is 16.7 Å². The van der Waals surface area contributed by atoms with E-state index in [0.717, 1.165) is 17.7 Å². The average Bonchev–Trinajstić information content (AvgIpc) is 3.00. The molecule has 0 aromatic heterocycles. The van der Waals surface area contributed by atoms with Crippen LogP contribution in [-0.4, -0.2) is 58.4 Å². The molecule has 0 atom stereocenters. The van der Waals surface area contributed by atoms with Crippen LogP contribution in [0.15, 0.2) is 64.2 Å². The number of rotatable bonds is 12. The summed E-state index contributed by atoms with van der Waals surface area (Å²) in [6.45, 7) is -0.414. The van der Waals surface area contributed by atoms with Gasteiger partial charge >= 0.3 is 18.0 Å². The summed E-state index contributed by atoms with van der Waals surface area (Å²) in [4.78, 5) is 36.5. The van der Waals surface area contributed by atoms with E-state index in [4.69, 9.17) is 18.9 Å². The highest BCUT2D eigenvalue weighted by molar-refractivity contribution is 9.10. The van der Waals surface area contributed by atoms with Crippen LogP contribution in [-0.2, 0) is 27.0 Å². The van der Waals surface area contributed by atoms with E-state index < -0.39 is 41.8 Å². The molecular weight excluding hydrogens is 653 g/mol. The van der Waals surface area contributed by atoms with Crippen molar-refractivity contribution in [1.29, 1.82) is 0 Å². The molecule has 0 aliphatic rings. The minimum absolute atomic E-state index is 0.129. The molecule has 0 saturated heterocycles. The van der Waals surface area contributed by atoms with Gasteiger partial charge in [-0.05, 0) is 66.1 Å². The number of amides is 3. The Kier molecular flexibility index (Phi) is 12.0.